The van der Waals surface area contributed by atoms with Gasteiger partial charge in [-0.2, -0.15) is 0 Å². The summed E-state index contributed by atoms with van der Waals surface area (Å²) < 4.78 is 0. The first-order valence-corrected chi connectivity index (χ1v) is 5.92. The zero-order valence-electron chi connectivity index (χ0n) is 10.5. The van der Waals surface area contributed by atoms with Gasteiger partial charge in [-0.15, -0.1) is 0 Å². The van der Waals surface area contributed by atoms with Crippen molar-refractivity contribution >= 4 is 5.97 Å². The van der Waals surface area contributed by atoms with E-state index in [2.05, 4.69) is 10.6 Å². The third kappa shape index (κ3) is 8.09. The van der Waals surface area contributed by atoms with Crippen molar-refractivity contribution in [3.8, 4) is 0 Å². The molecule has 0 saturated heterocycles. The fraction of sp³-hybridized carbons (Fsp3) is 0.909. The largest absolute Gasteiger partial charge is 0.479 e. The van der Waals surface area contributed by atoms with E-state index in [1.807, 2.05) is 0 Å². The molecular formula is C11H24N2O4. The number of aliphatic carboxylic acids is 1. The maximum Gasteiger partial charge on any atom is 0.332 e. The predicted molar refractivity (Wildman–Crippen MR) is 64.9 cm³/mol. The molecule has 0 rings (SSSR count). The lowest BCUT2D eigenvalue weighted by Crippen LogP contribution is -2.31. The maximum atomic E-state index is 10.4. The van der Waals surface area contributed by atoms with Crippen LogP contribution >= 0.6 is 0 Å². The fourth-order valence-corrected chi connectivity index (χ4v) is 1.65. The van der Waals surface area contributed by atoms with Gasteiger partial charge in [-0.1, -0.05) is 0 Å². The van der Waals surface area contributed by atoms with Crippen LogP contribution in [0.25, 0.3) is 0 Å². The van der Waals surface area contributed by atoms with Crippen LogP contribution in [-0.2, 0) is 4.79 Å². The summed E-state index contributed by atoms with van der Waals surface area (Å²) in [4.78, 5) is 10.4. The van der Waals surface area contributed by atoms with Crippen molar-refractivity contribution in [2.45, 2.75) is 43.9 Å². The third-order valence-electron chi connectivity index (χ3n) is 2.77. The number of carboxylic acids is 1. The van der Waals surface area contributed by atoms with Crippen molar-refractivity contribution in [3.63, 3.8) is 0 Å². The highest BCUT2D eigenvalue weighted by Crippen LogP contribution is 2.09. The summed E-state index contributed by atoms with van der Waals surface area (Å²) in [5.74, 6) is -1.19. The van der Waals surface area contributed by atoms with Crippen LogP contribution in [-0.4, -0.2) is 60.2 Å². The number of carboxylic acid groups (broad SMARTS) is 1. The Hall–Kier alpha value is -0.690. The smallest absolute Gasteiger partial charge is 0.332 e. The molecule has 0 aromatic carbocycles. The van der Waals surface area contributed by atoms with Crippen LogP contribution < -0.4 is 10.6 Å². The third-order valence-corrected chi connectivity index (χ3v) is 2.77. The molecule has 0 aromatic rings. The van der Waals surface area contributed by atoms with E-state index in [0.717, 1.165) is 6.42 Å². The highest BCUT2D eigenvalue weighted by molar-refractivity contribution is 5.71. The highest BCUT2D eigenvalue weighted by atomic mass is 16.4. The molecule has 0 spiro atoms. The SMILES string of the molecule is CNCC(O)CCC(CCC(O)C(=O)O)NC. The number of rotatable bonds is 10. The minimum absolute atomic E-state index is 0.121. The van der Waals surface area contributed by atoms with Gasteiger partial charge in [-0.25, -0.2) is 4.79 Å². The van der Waals surface area contributed by atoms with E-state index in [-0.39, 0.29) is 18.6 Å². The second kappa shape index (κ2) is 9.35. The molecule has 0 aliphatic carbocycles. The van der Waals surface area contributed by atoms with E-state index in [1.165, 1.54) is 0 Å². The molecule has 0 aliphatic heterocycles. The molecule has 6 heteroatoms. The molecule has 3 unspecified atom stereocenters. The van der Waals surface area contributed by atoms with Gasteiger partial charge in [0.1, 0.15) is 0 Å². The molecule has 17 heavy (non-hydrogen) atoms. The zero-order valence-corrected chi connectivity index (χ0v) is 10.5. The lowest BCUT2D eigenvalue weighted by atomic mass is 10.0. The number of carbonyl (C=O) groups is 1. The van der Waals surface area contributed by atoms with Crippen LogP contribution in [0.1, 0.15) is 25.7 Å². The Morgan fingerprint density at radius 1 is 1.12 bits per heavy atom. The normalized spacial score (nSPS) is 16.5. The van der Waals surface area contributed by atoms with Crippen LogP contribution in [0, 0.1) is 0 Å². The van der Waals surface area contributed by atoms with Crippen LogP contribution in [0.15, 0.2) is 0 Å². The monoisotopic (exact) mass is 248 g/mol. The highest BCUT2D eigenvalue weighted by Gasteiger charge is 2.16. The van der Waals surface area contributed by atoms with E-state index < -0.39 is 12.1 Å². The van der Waals surface area contributed by atoms with Crippen LogP contribution in [0.2, 0.25) is 0 Å². The van der Waals surface area contributed by atoms with Gasteiger partial charge in [0, 0.05) is 12.6 Å². The summed E-state index contributed by atoms with van der Waals surface area (Å²) in [6, 6.07) is 0.121. The van der Waals surface area contributed by atoms with E-state index in [9.17, 15) is 9.90 Å². The molecule has 0 aliphatic rings. The number of aliphatic hydroxyl groups is 2. The quantitative estimate of drug-likeness (QED) is 0.345. The molecule has 0 aromatic heterocycles. The minimum atomic E-state index is -1.30. The number of hydrogen-bond donors (Lipinski definition) is 5. The molecule has 5 N–H and O–H groups in total. The van der Waals surface area contributed by atoms with Crippen molar-refractivity contribution < 1.29 is 20.1 Å². The molecule has 0 radical (unpaired) electrons. The Labute approximate surface area is 102 Å². The first-order valence-electron chi connectivity index (χ1n) is 5.92. The lowest BCUT2D eigenvalue weighted by Gasteiger charge is -2.18. The van der Waals surface area contributed by atoms with Gasteiger partial charge in [0.2, 0.25) is 0 Å². The van der Waals surface area contributed by atoms with Gasteiger partial charge in [0.15, 0.2) is 6.10 Å². The first kappa shape index (κ1) is 16.3. The molecule has 102 valence electrons. The van der Waals surface area contributed by atoms with Crippen LogP contribution in [0.5, 0.6) is 0 Å². The second-order valence-corrected chi connectivity index (χ2v) is 4.21. The van der Waals surface area contributed by atoms with Gasteiger partial charge < -0.3 is 26.0 Å². The Bertz CT molecular complexity index is 214. The topological polar surface area (TPSA) is 102 Å². The maximum absolute atomic E-state index is 10.4. The number of likely N-dealkylation sites (N-methyl/N-ethyl adjacent to an activating group) is 1. The predicted octanol–water partition coefficient (Wildman–Crippen LogP) is -0.839. The van der Waals surface area contributed by atoms with Crippen molar-refractivity contribution in [2.75, 3.05) is 20.6 Å². The molecule has 0 bridgehead atoms. The van der Waals surface area contributed by atoms with Crippen molar-refractivity contribution in [1.82, 2.24) is 10.6 Å². The number of aliphatic hydroxyl groups excluding tert-OH is 2. The number of hydrogen-bond acceptors (Lipinski definition) is 5. The number of nitrogens with one attached hydrogen (secondary N) is 2. The van der Waals surface area contributed by atoms with Gasteiger partial charge >= 0.3 is 5.97 Å². The van der Waals surface area contributed by atoms with E-state index >= 15 is 0 Å². The van der Waals surface area contributed by atoms with E-state index in [0.29, 0.717) is 19.4 Å². The molecule has 0 heterocycles. The van der Waals surface area contributed by atoms with Crippen molar-refractivity contribution in [2.24, 2.45) is 0 Å². The summed E-state index contributed by atoms with van der Waals surface area (Å²) in [6.45, 7) is 0.550. The van der Waals surface area contributed by atoms with Gasteiger partial charge in [0.25, 0.3) is 0 Å². The zero-order chi connectivity index (χ0) is 13.3. The standard InChI is InChI=1S/C11H24N2O4/c1-12-7-9(14)5-3-8(13-2)4-6-10(15)11(16)17/h8-10,12-15H,3-7H2,1-2H3,(H,16,17). The van der Waals surface area contributed by atoms with E-state index in [1.54, 1.807) is 14.1 Å². The van der Waals surface area contributed by atoms with Gasteiger partial charge in [-0.05, 0) is 39.8 Å². The molecule has 0 saturated carbocycles. The van der Waals surface area contributed by atoms with Crippen molar-refractivity contribution in [1.29, 1.82) is 0 Å². The first-order chi connectivity index (χ1) is 8.01. The van der Waals surface area contributed by atoms with Gasteiger partial charge in [-0.3, -0.25) is 0 Å². The summed E-state index contributed by atoms with van der Waals surface area (Å²) in [7, 11) is 3.57. The summed E-state index contributed by atoms with van der Waals surface area (Å²) >= 11 is 0. The Kier molecular flexibility index (Phi) is 8.97. The Morgan fingerprint density at radius 2 is 1.71 bits per heavy atom. The lowest BCUT2D eigenvalue weighted by molar-refractivity contribution is -0.147. The van der Waals surface area contributed by atoms with Crippen molar-refractivity contribution in [3.05, 3.63) is 0 Å². The van der Waals surface area contributed by atoms with E-state index in [4.69, 9.17) is 10.2 Å². The van der Waals surface area contributed by atoms with Crippen LogP contribution in [0.3, 0.4) is 0 Å². The fourth-order valence-electron chi connectivity index (χ4n) is 1.65. The summed E-state index contributed by atoms with van der Waals surface area (Å²) in [6.07, 6.45) is 0.522. The summed E-state index contributed by atoms with van der Waals surface area (Å²) in [5.41, 5.74) is 0. The molecule has 0 amide bonds. The average Bonchev–Trinajstić information content (AvgIpc) is 2.29. The Balaban J connectivity index is 3.80. The molecule has 0 fully saturated rings. The molecule has 6 nitrogen and oxygen atoms in total. The van der Waals surface area contributed by atoms with Crippen LogP contribution in [0.4, 0.5) is 0 Å². The second-order valence-electron chi connectivity index (χ2n) is 4.21. The average molecular weight is 248 g/mol. The minimum Gasteiger partial charge on any atom is -0.479 e. The van der Waals surface area contributed by atoms with Gasteiger partial charge in [0.05, 0.1) is 6.10 Å². The molecular weight excluding hydrogens is 224 g/mol. The molecule has 3 atom stereocenters. The summed E-state index contributed by atoms with van der Waals surface area (Å²) in [5, 5.41) is 33.2. The Morgan fingerprint density at radius 3 is 2.18 bits per heavy atom.